The van der Waals surface area contributed by atoms with Crippen molar-refractivity contribution in [3.8, 4) is 0 Å². The van der Waals surface area contributed by atoms with Crippen molar-refractivity contribution in [3.05, 3.63) is 35.9 Å². The fraction of sp³-hybridized carbons (Fsp3) is 0.438. The Morgan fingerprint density at radius 3 is 2.29 bits per heavy atom. The van der Waals surface area contributed by atoms with Crippen LogP contribution in [0.2, 0.25) is 0 Å². The highest BCUT2D eigenvalue weighted by Gasteiger charge is 2.29. The Morgan fingerprint density at radius 2 is 1.75 bits per heavy atom. The summed E-state index contributed by atoms with van der Waals surface area (Å²) in [6.45, 7) is 3.00. The molecule has 1 atom stereocenters. The van der Waals surface area contributed by atoms with E-state index in [2.05, 4.69) is 5.48 Å². The number of carbonyl (C=O) groups excluding carboxylic acids is 1. The molecule has 24 heavy (non-hydrogen) atoms. The van der Waals surface area contributed by atoms with Crippen LogP contribution in [0.1, 0.15) is 32.3 Å². The van der Waals surface area contributed by atoms with E-state index >= 15 is 0 Å². The third kappa shape index (κ3) is 7.70. The van der Waals surface area contributed by atoms with Crippen molar-refractivity contribution in [2.45, 2.75) is 44.9 Å². The molecule has 1 aromatic carbocycles. The number of carboxylic acid groups (broad SMARTS) is 2. The molecule has 1 rings (SSSR count). The van der Waals surface area contributed by atoms with Crippen molar-refractivity contribution in [3.63, 3.8) is 0 Å². The van der Waals surface area contributed by atoms with E-state index in [1.54, 1.807) is 24.3 Å². The van der Waals surface area contributed by atoms with Crippen LogP contribution in [0.3, 0.4) is 0 Å². The molecule has 0 aliphatic carbocycles. The van der Waals surface area contributed by atoms with Gasteiger partial charge >= 0.3 is 17.9 Å². The number of ether oxygens (including phenoxy) is 1. The van der Waals surface area contributed by atoms with Crippen LogP contribution in [-0.4, -0.2) is 39.8 Å². The molecule has 0 saturated carbocycles. The van der Waals surface area contributed by atoms with E-state index in [1.807, 2.05) is 6.07 Å². The number of carboxylic acids is 2. The second-order valence-corrected chi connectivity index (χ2v) is 5.79. The van der Waals surface area contributed by atoms with E-state index in [1.165, 1.54) is 13.8 Å². The van der Waals surface area contributed by atoms with E-state index in [9.17, 15) is 14.4 Å². The minimum absolute atomic E-state index is 0.00398. The third-order valence-corrected chi connectivity index (χ3v) is 2.94. The van der Waals surface area contributed by atoms with Gasteiger partial charge in [0.2, 0.25) is 0 Å². The molecule has 8 nitrogen and oxygen atoms in total. The first-order valence-electron chi connectivity index (χ1n) is 7.27. The zero-order valence-corrected chi connectivity index (χ0v) is 13.5. The van der Waals surface area contributed by atoms with Crippen molar-refractivity contribution < 1.29 is 34.2 Å². The maximum atomic E-state index is 12.0. The van der Waals surface area contributed by atoms with E-state index in [0.29, 0.717) is 0 Å². The smallest absolute Gasteiger partial charge is 0.326 e. The lowest BCUT2D eigenvalue weighted by atomic mass is 10.1. The average molecular weight is 339 g/mol. The van der Waals surface area contributed by atoms with Gasteiger partial charge in [-0.3, -0.25) is 19.2 Å². The first-order chi connectivity index (χ1) is 11.2. The van der Waals surface area contributed by atoms with Gasteiger partial charge in [-0.05, 0) is 19.4 Å². The average Bonchev–Trinajstić information content (AvgIpc) is 2.48. The standard InChI is InChI=1S/C16H21NO7/c1-16(2,9-14(20)21)24-17-12(8-13(18)19)15(22)23-10-11-6-4-3-5-7-11/h3-7,12,17H,8-10H2,1-2H3,(H,18,19)(H,20,21). The molecule has 0 fully saturated rings. The van der Waals surface area contributed by atoms with Crippen molar-refractivity contribution in [2.24, 2.45) is 0 Å². The monoisotopic (exact) mass is 339 g/mol. The molecule has 0 amide bonds. The predicted molar refractivity (Wildman–Crippen MR) is 82.8 cm³/mol. The summed E-state index contributed by atoms with van der Waals surface area (Å²) in [5, 5.41) is 17.7. The van der Waals surface area contributed by atoms with Gasteiger partial charge in [-0.1, -0.05) is 30.3 Å². The number of hydrogen-bond acceptors (Lipinski definition) is 6. The van der Waals surface area contributed by atoms with Crippen LogP contribution in [0.4, 0.5) is 0 Å². The number of nitrogens with one attached hydrogen (secondary N) is 1. The summed E-state index contributed by atoms with van der Waals surface area (Å²) >= 11 is 0. The van der Waals surface area contributed by atoms with Gasteiger partial charge in [0.25, 0.3) is 0 Å². The van der Waals surface area contributed by atoms with Crippen molar-refractivity contribution in [1.82, 2.24) is 5.48 Å². The van der Waals surface area contributed by atoms with Gasteiger partial charge < -0.3 is 14.9 Å². The van der Waals surface area contributed by atoms with E-state index in [0.717, 1.165) is 5.56 Å². The Labute approximate surface area is 139 Å². The third-order valence-electron chi connectivity index (χ3n) is 2.94. The van der Waals surface area contributed by atoms with E-state index in [4.69, 9.17) is 19.8 Å². The quantitative estimate of drug-likeness (QED) is 0.431. The minimum Gasteiger partial charge on any atom is -0.481 e. The molecule has 0 radical (unpaired) electrons. The van der Waals surface area contributed by atoms with Crippen LogP contribution in [0.5, 0.6) is 0 Å². The highest BCUT2D eigenvalue weighted by atomic mass is 16.7. The Hall–Kier alpha value is -2.45. The van der Waals surface area contributed by atoms with Crippen molar-refractivity contribution >= 4 is 17.9 Å². The zero-order valence-electron chi connectivity index (χ0n) is 13.5. The molecule has 0 aliphatic heterocycles. The normalized spacial score (nSPS) is 12.4. The van der Waals surface area contributed by atoms with Gasteiger partial charge in [0.15, 0.2) is 0 Å². The molecule has 0 heterocycles. The summed E-state index contributed by atoms with van der Waals surface area (Å²) in [5.74, 6) is -3.10. The molecule has 8 heteroatoms. The Kier molecular flexibility index (Phi) is 7.34. The van der Waals surface area contributed by atoms with Crippen LogP contribution in [0.15, 0.2) is 30.3 Å². The van der Waals surface area contributed by atoms with Crippen molar-refractivity contribution in [2.75, 3.05) is 0 Å². The molecule has 0 saturated heterocycles. The summed E-state index contributed by atoms with van der Waals surface area (Å²) in [6, 6.07) is 7.66. The van der Waals surface area contributed by atoms with Gasteiger partial charge in [-0.2, -0.15) is 5.48 Å². The Balaban J connectivity index is 2.61. The summed E-state index contributed by atoms with van der Waals surface area (Å²) < 4.78 is 5.08. The molecular formula is C16H21NO7. The predicted octanol–water partition coefficient (Wildman–Crippen LogP) is 1.35. The molecule has 1 aromatic rings. The Bertz CT molecular complexity index is 571. The number of aliphatic carboxylic acids is 2. The van der Waals surface area contributed by atoms with E-state index in [-0.39, 0.29) is 13.0 Å². The van der Waals surface area contributed by atoms with Crippen LogP contribution in [0.25, 0.3) is 0 Å². The first kappa shape index (κ1) is 19.6. The summed E-state index contributed by atoms with van der Waals surface area (Å²) in [7, 11) is 0. The van der Waals surface area contributed by atoms with Crippen LogP contribution in [0, 0.1) is 0 Å². The summed E-state index contributed by atoms with van der Waals surface area (Å²) in [5.41, 5.74) is 1.95. The number of hydrogen-bond donors (Lipinski definition) is 3. The molecule has 0 spiro atoms. The topological polar surface area (TPSA) is 122 Å². The number of carbonyl (C=O) groups is 3. The number of hydroxylamine groups is 1. The van der Waals surface area contributed by atoms with Gasteiger partial charge in [0.05, 0.1) is 18.4 Å². The van der Waals surface area contributed by atoms with Gasteiger partial charge in [0.1, 0.15) is 12.6 Å². The summed E-state index contributed by atoms with van der Waals surface area (Å²) in [6.07, 6.45) is -0.879. The SMILES string of the molecule is CC(C)(CC(=O)O)ONC(CC(=O)O)C(=O)OCc1ccccc1. The van der Waals surface area contributed by atoms with Gasteiger partial charge in [0, 0.05) is 0 Å². The molecule has 0 bridgehead atoms. The van der Waals surface area contributed by atoms with Gasteiger partial charge in [-0.25, -0.2) is 0 Å². The Morgan fingerprint density at radius 1 is 1.12 bits per heavy atom. The van der Waals surface area contributed by atoms with Gasteiger partial charge in [-0.15, -0.1) is 0 Å². The minimum atomic E-state index is -1.25. The summed E-state index contributed by atoms with van der Waals surface area (Å²) in [4.78, 5) is 38.9. The fourth-order valence-corrected chi connectivity index (χ4v) is 1.81. The molecule has 3 N–H and O–H groups in total. The van der Waals surface area contributed by atoms with E-state index < -0.39 is 36.0 Å². The molecule has 1 unspecified atom stereocenters. The number of benzene rings is 1. The van der Waals surface area contributed by atoms with Crippen LogP contribution >= 0.6 is 0 Å². The molecule has 132 valence electrons. The lowest BCUT2D eigenvalue weighted by Gasteiger charge is -2.25. The van der Waals surface area contributed by atoms with Crippen LogP contribution < -0.4 is 5.48 Å². The van der Waals surface area contributed by atoms with Crippen LogP contribution in [-0.2, 0) is 30.6 Å². The fourth-order valence-electron chi connectivity index (χ4n) is 1.81. The largest absolute Gasteiger partial charge is 0.481 e. The molecule has 0 aliphatic rings. The lowest BCUT2D eigenvalue weighted by Crippen LogP contribution is -2.45. The second kappa shape index (κ2) is 8.99. The number of esters is 1. The highest BCUT2D eigenvalue weighted by Crippen LogP contribution is 2.14. The first-order valence-corrected chi connectivity index (χ1v) is 7.27. The molecule has 0 aromatic heterocycles. The number of rotatable bonds is 10. The molecular weight excluding hydrogens is 318 g/mol. The van der Waals surface area contributed by atoms with Crippen molar-refractivity contribution in [1.29, 1.82) is 0 Å². The second-order valence-electron chi connectivity index (χ2n) is 5.79. The zero-order chi connectivity index (χ0) is 18.2. The lowest BCUT2D eigenvalue weighted by molar-refractivity contribution is -0.167. The highest BCUT2D eigenvalue weighted by molar-refractivity contribution is 5.81. The maximum absolute atomic E-state index is 12.0. The maximum Gasteiger partial charge on any atom is 0.326 e.